The predicted octanol–water partition coefficient (Wildman–Crippen LogP) is -1.31. The van der Waals surface area contributed by atoms with Crippen molar-refractivity contribution in [3.8, 4) is 6.07 Å². The molecule has 126 valence electrons. The third-order valence-corrected chi connectivity index (χ3v) is 3.59. The summed E-state index contributed by atoms with van der Waals surface area (Å²) in [6, 6.07) is 11.2. The zero-order chi connectivity index (χ0) is 17.6. The molecule has 0 aliphatic heterocycles. The van der Waals surface area contributed by atoms with Crippen molar-refractivity contribution in [3.05, 3.63) is 35.9 Å². The lowest BCUT2D eigenvalue weighted by molar-refractivity contribution is -2.00. The van der Waals surface area contributed by atoms with Gasteiger partial charge in [0.15, 0.2) is 0 Å². The number of benzene rings is 1. The van der Waals surface area contributed by atoms with Gasteiger partial charge in [-0.2, -0.15) is 5.26 Å². The molecule has 1 aromatic carbocycles. The third kappa shape index (κ3) is 13.8. The summed E-state index contributed by atoms with van der Waals surface area (Å²) in [6.07, 6.45) is 0. The Kier molecular flexibility index (Phi) is 13.0. The highest BCUT2D eigenvalue weighted by Gasteiger charge is 2.16. The Hall–Kier alpha value is -1.20. The van der Waals surface area contributed by atoms with Gasteiger partial charge in [0.2, 0.25) is 0 Å². The van der Waals surface area contributed by atoms with Gasteiger partial charge in [0, 0.05) is 0 Å². The maximum absolute atomic E-state index is 8.49. The Morgan fingerprint density at radius 1 is 0.864 bits per heavy atom. The van der Waals surface area contributed by atoms with Crippen LogP contribution < -0.4 is 18.6 Å². The molecule has 7 heteroatoms. The maximum Gasteiger partial charge on any atom is 0.0991 e. The van der Waals surface area contributed by atoms with Gasteiger partial charge >= 0.3 is 0 Å². The van der Waals surface area contributed by atoms with Crippen molar-refractivity contribution in [2.24, 2.45) is 0 Å². The van der Waals surface area contributed by atoms with Gasteiger partial charge in [-0.1, -0.05) is 18.2 Å². The summed E-state index contributed by atoms with van der Waals surface area (Å²) < 4.78 is 35.2. The summed E-state index contributed by atoms with van der Waals surface area (Å²) in [5, 5.41) is 8.29. The third-order valence-electron chi connectivity index (χ3n) is 3.59. The summed E-state index contributed by atoms with van der Waals surface area (Å²) in [5.74, 6) is 0. The van der Waals surface area contributed by atoms with Crippen LogP contribution in [0.3, 0.4) is 0 Å². The van der Waals surface area contributed by atoms with E-state index in [0.29, 0.717) is 5.56 Å². The van der Waals surface area contributed by atoms with Crippen molar-refractivity contribution >= 4 is 0 Å². The van der Waals surface area contributed by atoms with E-state index in [2.05, 4.69) is 27.7 Å². The molecule has 1 rings (SSSR count). The van der Waals surface area contributed by atoms with Crippen molar-refractivity contribution < 1.29 is 33.4 Å². The van der Waals surface area contributed by atoms with Crippen molar-refractivity contribution in [3.63, 3.8) is 0 Å². The maximum atomic E-state index is 8.49. The fourth-order valence-corrected chi connectivity index (χ4v) is 1.85. The number of nitrogens with zero attached hydrogens (tertiary/aromatic N) is 2. The minimum Gasteiger partial charge on any atom is -0.325 e. The molecular formula is C15H25ClN2O4. The van der Waals surface area contributed by atoms with Gasteiger partial charge in [-0.05, 0) is 39.8 Å². The van der Waals surface area contributed by atoms with Crippen LogP contribution in [-0.2, 0) is 0 Å². The molecule has 0 radical (unpaired) electrons. The minimum atomic E-state index is -4.94. The van der Waals surface area contributed by atoms with E-state index in [9.17, 15) is 0 Å². The van der Waals surface area contributed by atoms with E-state index in [0.717, 1.165) is 0 Å². The highest BCUT2D eigenvalue weighted by molar-refractivity contribution is 5.27. The number of nitriles is 1. The summed E-state index contributed by atoms with van der Waals surface area (Å²) in [4.78, 5) is 0. The molecule has 0 N–H and O–H groups in total. The Balaban J connectivity index is 0. The molecule has 0 saturated carbocycles. The van der Waals surface area contributed by atoms with Crippen molar-refractivity contribution in [2.45, 2.75) is 27.7 Å². The quantitative estimate of drug-likeness (QED) is 0.634. The summed E-state index contributed by atoms with van der Waals surface area (Å²) >= 11 is 0. The molecule has 0 bridgehead atoms. The van der Waals surface area contributed by atoms with E-state index in [4.69, 9.17) is 23.9 Å². The van der Waals surface area contributed by atoms with Crippen molar-refractivity contribution in [1.29, 1.82) is 5.26 Å². The molecule has 1 aromatic rings. The topological polar surface area (TPSA) is 116 Å². The van der Waals surface area contributed by atoms with Crippen molar-refractivity contribution in [2.75, 3.05) is 26.2 Å². The lowest BCUT2D eigenvalue weighted by Gasteiger charge is -2.34. The van der Waals surface area contributed by atoms with Crippen LogP contribution in [0.5, 0.6) is 0 Å². The first kappa shape index (κ1) is 23.1. The van der Waals surface area contributed by atoms with Gasteiger partial charge in [0.05, 0.1) is 37.8 Å². The number of quaternary nitrogens is 1. The summed E-state index contributed by atoms with van der Waals surface area (Å²) in [6.45, 7) is 14.2. The second kappa shape index (κ2) is 12.4. The van der Waals surface area contributed by atoms with E-state index in [1.807, 2.05) is 24.3 Å². The Morgan fingerprint density at radius 3 is 1.32 bits per heavy atom. The van der Waals surface area contributed by atoms with Crippen molar-refractivity contribution in [1.82, 2.24) is 0 Å². The summed E-state index contributed by atoms with van der Waals surface area (Å²) in [5.41, 5.74) is 0.715. The first-order valence-corrected chi connectivity index (χ1v) is 8.33. The van der Waals surface area contributed by atoms with Gasteiger partial charge in [0.1, 0.15) is 0 Å². The molecule has 0 fully saturated rings. The highest BCUT2D eigenvalue weighted by Crippen LogP contribution is 2.03. The minimum absolute atomic E-state index is 0.715. The fraction of sp³-hybridized carbons (Fsp3) is 0.533. The van der Waals surface area contributed by atoms with Crippen LogP contribution in [0, 0.1) is 21.6 Å². The SMILES string of the molecule is CC[N+](CC)(CC)CC.N#Cc1ccccc1.[O-][Cl+3]([O-])([O-])[O-]. The van der Waals surface area contributed by atoms with E-state index in [1.54, 1.807) is 12.1 Å². The van der Waals surface area contributed by atoms with Gasteiger partial charge in [-0.15, -0.1) is 10.2 Å². The Bertz CT molecular complexity index is 388. The largest absolute Gasteiger partial charge is 0.325 e. The molecule has 0 atom stereocenters. The highest BCUT2D eigenvalue weighted by atomic mass is 35.7. The van der Waals surface area contributed by atoms with Gasteiger partial charge < -0.3 is 4.48 Å². The molecule has 0 aromatic heterocycles. The zero-order valence-electron chi connectivity index (χ0n) is 13.6. The van der Waals surface area contributed by atoms with Crippen LogP contribution in [0.4, 0.5) is 0 Å². The average molecular weight is 333 g/mol. The van der Waals surface area contributed by atoms with Crippen LogP contribution in [-0.4, -0.2) is 30.7 Å². The normalized spacial score (nSPS) is 10.5. The first-order valence-electron chi connectivity index (χ1n) is 7.09. The molecule has 0 spiro atoms. The van der Waals surface area contributed by atoms with Gasteiger partial charge in [-0.25, -0.2) is 18.6 Å². The van der Waals surface area contributed by atoms with Crippen LogP contribution in [0.15, 0.2) is 30.3 Å². The monoisotopic (exact) mass is 332 g/mol. The van der Waals surface area contributed by atoms with Crippen LogP contribution in [0.1, 0.15) is 33.3 Å². The molecule has 0 heterocycles. The van der Waals surface area contributed by atoms with E-state index >= 15 is 0 Å². The molecule has 0 unspecified atom stereocenters. The summed E-state index contributed by atoms with van der Waals surface area (Å²) in [7, 11) is -4.94. The van der Waals surface area contributed by atoms with Gasteiger partial charge in [0.25, 0.3) is 0 Å². The molecular weight excluding hydrogens is 308 g/mol. The van der Waals surface area contributed by atoms with Crippen LogP contribution in [0.25, 0.3) is 0 Å². The lowest BCUT2D eigenvalue weighted by Crippen LogP contribution is -2.68. The standard InChI is InChI=1S/C8H20N.C7H5N.ClHO4/c1-5-9(6-2,7-3)8-4;8-6-7-4-2-1-3-5-7;2-1(3,4)5/h5-8H2,1-4H3;1-5H;(H,2,3,4,5)/q+1;;/p-1. The van der Waals surface area contributed by atoms with Gasteiger partial charge in [-0.3, -0.25) is 0 Å². The second-order valence-corrected chi connectivity index (χ2v) is 5.22. The van der Waals surface area contributed by atoms with Crippen LogP contribution >= 0.6 is 0 Å². The van der Waals surface area contributed by atoms with E-state index in [1.165, 1.54) is 30.7 Å². The fourth-order valence-electron chi connectivity index (χ4n) is 1.85. The number of rotatable bonds is 4. The molecule has 22 heavy (non-hydrogen) atoms. The van der Waals surface area contributed by atoms with Crippen LogP contribution in [0.2, 0.25) is 0 Å². The number of hydrogen-bond donors (Lipinski definition) is 0. The Labute approximate surface area is 135 Å². The second-order valence-electron chi connectivity index (χ2n) is 4.46. The number of halogens is 1. The molecule has 0 saturated heterocycles. The Morgan fingerprint density at radius 2 is 1.18 bits per heavy atom. The number of hydrogen-bond acceptors (Lipinski definition) is 5. The van der Waals surface area contributed by atoms with E-state index in [-0.39, 0.29) is 0 Å². The molecule has 0 aliphatic carbocycles. The first-order chi connectivity index (χ1) is 10.2. The lowest BCUT2D eigenvalue weighted by atomic mass is 10.2. The molecule has 0 amide bonds. The zero-order valence-corrected chi connectivity index (χ0v) is 14.4. The smallest absolute Gasteiger partial charge is 0.0991 e. The molecule has 6 nitrogen and oxygen atoms in total. The van der Waals surface area contributed by atoms with E-state index < -0.39 is 10.2 Å². The predicted molar refractivity (Wildman–Crippen MR) is 73.6 cm³/mol. The average Bonchev–Trinajstić information content (AvgIpc) is 2.50. The molecule has 0 aliphatic rings.